The molecule has 2 saturated heterocycles. The van der Waals surface area contributed by atoms with Gasteiger partial charge in [-0.1, -0.05) is 18.7 Å². The Hall–Kier alpha value is -3.82. The third kappa shape index (κ3) is 5.84. The number of Topliss-reactive ketones (excluding diaryl/α,β-unsaturated/α-hetero) is 1. The van der Waals surface area contributed by atoms with Crippen molar-refractivity contribution in [2.75, 3.05) is 59.7 Å². The molecule has 2 aliphatic heterocycles. The molecule has 1 N–H and O–H groups in total. The standard InChI is InChI=1S/C29H34N2O7/c1-4-16-38-23-11-8-21(19-24(23)37-5-2)26-25(27(32)20-6-9-22(35-3)10-7-20)28(33)29(34)31(26)13-12-30-14-17-36-18-15-30/h4,6-11,19,26,32H,1,5,12-18H2,2-3H3. The Labute approximate surface area is 222 Å². The van der Waals surface area contributed by atoms with Gasteiger partial charge in [-0.3, -0.25) is 14.5 Å². The van der Waals surface area contributed by atoms with Gasteiger partial charge in [0.2, 0.25) is 0 Å². The van der Waals surface area contributed by atoms with E-state index in [9.17, 15) is 14.7 Å². The van der Waals surface area contributed by atoms with Crippen LogP contribution in [0.3, 0.4) is 0 Å². The molecule has 1 unspecified atom stereocenters. The molecule has 2 aliphatic rings. The Bertz CT molecular complexity index is 1190. The summed E-state index contributed by atoms with van der Waals surface area (Å²) in [6, 6.07) is 11.2. The topological polar surface area (TPSA) is 97.8 Å². The minimum absolute atomic E-state index is 0.0318. The van der Waals surface area contributed by atoms with E-state index in [2.05, 4.69) is 11.5 Å². The van der Waals surface area contributed by atoms with Gasteiger partial charge in [-0.2, -0.15) is 0 Å². The van der Waals surface area contributed by atoms with Crippen molar-refractivity contribution in [3.63, 3.8) is 0 Å². The summed E-state index contributed by atoms with van der Waals surface area (Å²) < 4.78 is 22.2. The molecule has 9 nitrogen and oxygen atoms in total. The summed E-state index contributed by atoms with van der Waals surface area (Å²) in [5, 5.41) is 11.3. The van der Waals surface area contributed by atoms with Crippen LogP contribution in [0.25, 0.3) is 5.76 Å². The zero-order valence-corrected chi connectivity index (χ0v) is 21.9. The highest BCUT2D eigenvalue weighted by atomic mass is 16.5. The number of carbonyl (C=O) groups excluding carboxylic acids is 2. The van der Waals surface area contributed by atoms with Gasteiger partial charge in [0, 0.05) is 31.7 Å². The van der Waals surface area contributed by atoms with E-state index >= 15 is 0 Å². The molecular weight excluding hydrogens is 488 g/mol. The number of ketones is 1. The summed E-state index contributed by atoms with van der Waals surface area (Å²) in [6.07, 6.45) is 1.64. The number of hydrogen-bond donors (Lipinski definition) is 1. The van der Waals surface area contributed by atoms with E-state index in [1.807, 2.05) is 6.92 Å². The molecule has 0 spiro atoms. The van der Waals surface area contributed by atoms with Crippen LogP contribution in [0.15, 0.2) is 60.7 Å². The number of ether oxygens (including phenoxy) is 4. The van der Waals surface area contributed by atoms with E-state index in [-0.39, 0.29) is 11.3 Å². The largest absolute Gasteiger partial charge is 0.507 e. The number of carbonyl (C=O) groups is 2. The fraction of sp³-hybridized carbons (Fsp3) is 0.379. The van der Waals surface area contributed by atoms with Crippen molar-refractivity contribution < 1.29 is 33.6 Å². The lowest BCUT2D eigenvalue weighted by atomic mass is 9.95. The number of amides is 1. The first-order chi connectivity index (χ1) is 18.5. The van der Waals surface area contributed by atoms with Crippen molar-refractivity contribution in [1.82, 2.24) is 9.80 Å². The van der Waals surface area contributed by atoms with Crippen LogP contribution in [0.5, 0.6) is 17.2 Å². The van der Waals surface area contributed by atoms with Crippen molar-refractivity contribution >= 4 is 17.4 Å². The molecular formula is C29H34N2O7. The van der Waals surface area contributed by atoms with Crippen LogP contribution < -0.4 is 14.2 Å². The zero-order chi connectivity index (χ0) is 27.1. The summed E-state index contributed by atoms with van der Waals surface area (Å²) in [4.78, 5) is 30.4. The van der Waals surface area contributed by atoms with E-state index in [1.165, 1.54) is 4.90 Å². The maximum atomic E-state index is 13.4. The van der Waals surface area contributed by atoms with Gasteiger partial charge >= 0.3 is 0 Å². The molecule has 0 bridgehead atoms. The second-order valence-corrected chi connectivity index (χ2v) is 8.91. The third-order valence-electron chi connectivity index (χ3n) is 6.60. The number of methoxy groups -OCH3 is 1. The quantitative estimate of drug-likeness (QED) is 0.208. The molecule has 2 aromatic carbocycles. The fourth-order valence-corrected chi connectivity index (χ4v) is 4.67. The van der Waals surface area contributed by atoms with Crippen LogP contribution in [-0.4, -0.2) is 86.3 Å². The first-order valence-electron chi connectivity index (χ1n) is 12.7. The normalized spacial score (nSPS) is 19.4. The number of benzene rings is 2. The maximum absolute atomic E-state index is 13.4. The molecule has 2 heterocycles. The predicted molar refractivity (Wildman–Crippen MR) is 143 cm³/mol. The SMILES string of the molecule is C=CCOc1ccc(C2C(=C(O)c3ccc(OC)cc3)C(=O)C(=O)N2CCN2CCOCC2)cc1OCC. The average Bonchev–Trinajstić information content (AvgIpc) is 3.20. The van der Waals surface area contributed by atoms with Crippen LogP contribution in [0.1, 0.15) is 24.1 Å². The lowest BCUT2D eigenvalue weighted by Gasteiger charge is -2.31. The first kappa shape index (κ1) is 27.2. The Balaban J connectivity index is 1.77. The molecule has 1 atom stereocenters. The molecule has 0 aliphatic carbocycles. The molecule has 2 fully saturated rings. The maximum Gasteiger partial charge on any atom is 0.295 e. The second kappa shape index (κ2) is 12.6. The van der Waals surface area contributed by atoms with Crippen molar-refractivity contribution in [3.8, 4) is 17.2 Å². The second-order valence-electron chi connectivity index (χ2n) is 8.91. The minimum atomic E-state index is -0.800. The minimum Gasteiger partial charge on any atom is -0.507 e. The predicted octanol–water partition coefficient (Wildman–Crippen LogP) is 3.41. The number of morpholine rings is 1. The third-order valence-corrected chi connectivity index (χ3v) is 6.60. The van der Waals surface area contributed by atoms with Gasteiger partial charge in [-0.05, 0) is 48.9 Å². The van der Waals surface area contributed by atoms with Crippen LogP contribution in [0, 0.1) is 0 Å². The first-order valence-corrected chi connectivity index (χ1v) is 12.7. The van der Waals surface area contributed by atoms with Crippen molar-refractivity contribution in [2.45, 2.75) is 13.0 Å². The number of nitrogens with zero attached hydrogens (tertiary/aromatic N) is 2. The van der Waals surface area contributed by atoms with Gasteiger partial charge in [-0.15, -0.1) is 0 Å². The van der Waals surface area contributed by atoms with Gasteiger partial charge < -0.3 is 29.0 Å². The molecule has 0 radical (unpaired) electrons. The van der Waals surface area contributed by atoms with Crippen LogP contribution in [0.2, 0.25) is 0 Å². The molecule has 202 valence electrons. The smallest absolute Gasteiger partial charge is 0.295 e. The Morgan fingerprint density at radius 1 is 1.08 bits per heavy atom. The summed E-state index contributed by atoms with van der Waals surface area (Å²) in [5.74, 6) is -0.000146. The fourth-order valence-electron chi connectivity index (χ4n) is 4.67. The van der Waals surface area contributed by atoms with Crippen LogP contribution in [-0.2, 0) is 14.3 Å². The van der Waals surface area contributed by atoms with Gasteiger partial charge in [-0.25, -0.2) is 0 Å². The summed E-state index contributed by atoms with van der Waals surface area (Å²) in [5.41, 5.74) is 1.08. The molecule has 4 rings (SSSR count). The van der Waals surface area contributed by atoms with E-state index in [0.29, 0.717) is 67.9 Å². The van der Waals surface area contributed by atoms with Gasteiger partial charge in [0.15, 0.2) is 11.5 Å². The number of rotatable bonds is 11. The Kier molecular flexibility index (Phi) is 9.04. The van der Waals surface area contributed by atoms with Crippen molar-refractivity contribution in [2.24, 2.45) is 0 Å². The summed E-state index contributed by atoms with van der Waals surface area (Å²) >= 11 is 0. The van der Waals surface area contributed by atoms with Crippen LogP contribution in [0.4, 0.5) is 0 Å². The highest BCUT2D eigenvalue weighted by Crippen LogP contribution is 2.42. The number of aliphatic hydroxyl groups is 1. The van der Waals surface area contributed by atoms with Gasteiger partial charge in [0.1, 0.15) is 18.1 Å². The molecule has 9 heteroatoms. The lowest BCUT2D eigenvalue weighted by Crippen LogP contribution is -2.42. The highest BCUT2D eigenvalue weighted by Gasteiger charge is 2.46. The van der Waals surface area contributed by atoms with Crippen molar-refractivity contribution in [3.05, 3.63) is 71.8 Å². The molecule has 0 aromatic heterocycles. The van der Waals surface area contributed by atoms with Gasteiger partial charge in [0.25, 0.3) is 11.7 Å². The average molecular weight is 523 g/mol. The summed E-state index contributed by atoms with van der Waals surface area (Å²) in [6.45, 7) is 9.91. The highest BCUT2D eigenvalue weighted by molar-refractivity contribution is 6.46. The van der Waals surface area contributed by atoms with E-state index in [1.54, 1.807) is 55.7 Å². The molecule has 38 heavy (non-hydrogen) atoms. The zero-order valence-electron chi connectivity index (χ0n) is 21.9. The lowest BCUT2D eigenvalue weighted by molar-refractivity contribution is -0.140. The van der Waals surface area contributed by atoms with E-state index < -0.39 is 17.7 Å². The number of aliphatic hydroxyl groups excluding tert-OH is 1. The molecule has 0 saturated carbocycles. The van der Waals surface area contributed by atoms with Crippen molar-refractivity contribution in [1.29, 1.82) is 0 Å². The summed E-state index contributed by atoms with van der Waals surface area (Å²) in [7, 11) is 1.55. The van der Waals surface area contributed by atoms with E-state index in [4.69, 9.17) is 18.9 Å². The Morgan fingerprint density at radius 2 is 1.82 bits per heavy atom. The van der Waals surface area contributed by atoms with Crippen LogP contribution >= 0.6 is 0 Å². The molecule has 2 aromatic rings. The number of likely N-dealkylation sites (tertiary alicyclic amines) is 1. The monoisotopic (exact) mass is 522 g/mol. The number of hydrogen-bond acceptors (Lipinski definition) is 8. The molecule has 1 amide bonds. The Morgan fingerprint density at radius 3 is 2.47 bits per heavy atom. The van der Waals surface area contributed by atoms with Gasteiger partial charge in [0.05, 0.1) is 38.5 Å². The van der Waals surface area contributed by atoms with E-state index in [0.717, 1.165) is 13.1 Å².